The molecule has 1 aromatic heterocycles. The smallest absolute Gasteiger partial charge is 0.323 e. The van der Waals surface area contributed by atoms with Crippen molar-refractivity contribution in [2.24, 2.45) is 7.05 Å². The summed E-state index contributed by atoms with van der Waals surface area (Å²) in [6.07, 6.45) is 1.75. The molecule has 2 aromatic carbocycles. The Morgan fingerprint density at radius 2 is 1.88 bits per heavy atom. The Balaban J connectivity index is 1.53. The summed E-state index contributed by atoms with van der Waals surface area (Å²) in [5.41, 5.74) is 2.70. The minimum Gasteiger partial charge on any atom is -0.488 e. The normalized spacial score (nSPS) is 17.7. The number of halogens is 1. The van der Waals surface area contributed by atoms with E-state index in [-0.39, 0.29) is 6.10 Å². The summed E-state index contributed by atoms with van der Waals surface area (Å²) in [6, 6.07) is 12.9. The highest BCUT2D eigenvalue weighted by molar-refractivity contribution is 6.30. The van der Waals surface area contributed by atoms with E-state index in [0.717, 1.165) is 11.3 Å². The molecular weight excluding hydrogens is 434 g/mol. The molecule has 0 unspecified atom stereocenters. The average Bonchev–Trinajstić information content (AvgIpc) is 3.40. The number of aliphatic carboxylic acids is 1. The molecule has 4 N–H and O–H groups in total. The third kappa shape index (κ3) is 5.01. The number of carboxylic acid groups (broad SMARTS) is 1. The van der Waals surface area contributed by atoms with Gasteiger partial charge in [-0.05, 0) is 48.5 Å². The number of benzene rings is 2. The van der Waals surface area contributed by atoms with E-state index >= 15 is 0 Å². The lowest BCUT2D eigenvalue weighted by molar-refractivity contribution is -0.139. The first-order valence-electron chi connectivity index (χ1n) is 9.98. The van der Waals surface area contributed by atoms with Crippen LogP contribution in [0.2, 0.25) is 5.02 Å². The van der Waals surface area contributed by atoms with Gasteiger partial charge in [-0.2, -0.15) is 5.10 Å². The fourth-order valence-corrected chi connectivity index (χ4v) is 3.66. The first-order valence-corrected chi connectivity index (χ1v) is 10.4. The summed E-state index contributed by atoms with van der Waals surface area (Å²) < 4.78 is 7.83. The molecule has 1 fully saturated rings. The minimum absolute atomic E-state index is 0.282. The molecule has 0 saturated carbocycles. The molecule has 0 radical (unpaired) electrons. The van der Waals surface area contributed by atoms with Gasteiger partial charge in [0, 0.05) is 48.2 Å². The number of nitrogens with one attached hydrogen (secondary N) is 3. The van der Waals surface area contributed by atoms with Crippen molar-refractivity contribution in [2.45, 2.75) is 18.6 Å². The topological polar surface area (TPSA) is 118 Å². The SMILES string of the molecule is Cn1nccc1-c1cc(NC(=O)Nc2ccc(Cl)cc2)ccc1O[C@@H]1CN[C@H](C(=O)O)C1. The zero-order valence-corrected chi connectivity index (χ0v) is 18.0. The van der Waals surface area contributed by atoms with Crippen molar-refractivity contribution in [3.05, 3.63) is 59.8 Å². The van der Waals surface area contributed by atoms with Crippen LogP contribution in [0, 0.1) is 0 Å². The van der Waals surface area contributed by atoms with E-state index in [1.807, 2.05) is 13.1 Å². The van der Waals surface area contributed by atoms with E-state index < -0.39 is 18.0 Å². The van der Waals surface area contributed by atoms with Crippen molar-refractivity contribution in [1.82, 2.24) is 15.1 Å². The number of amides is 2. The second-order valence-electron chi connectivity index (χ2n) is 7.41. The molecule has 1 saturated heterocycles. The number of urea groups is 1. The van der Waals surface area contributed by atoms with Gasteiger partial charge in [0.05, 0.1) is 5.69 Å². The predicted molar refractivity (Wildman–Crippen MR) is 121 cm³/mol. The molecule has 32 heavy (non-hydrogen) atoms. The van der Waals surface area contributed by atoms with E-state index in [2.05, 4.69) is 21.0 Å². The zero-order chi connectivity index (χ0) is 22.7. The summed E-state index contributed by atoms with van der Waals surface area (Å²) in [5.74, 6) is -0.315. The fourth-order valence-electron chi connectivity index (χ4n) is 3.54. The van der Waals surface area contributed by atoms with Crippen LogP contribution in [-0.2, 0) is 11.8 Å². The number of anilines is 2. The molecule has 0 aliphatic carbocycles. The van der Waals surface area contributed by atoms with Crippen LogP contribution in [0.15, 0.2) is 54.7 Å². The second kappa shape index (κ2) is 9.29. The van der Waals surface area contributed by atoms with Gasteiger partial charge in [-0.1, -0.05) is 11.6 Å². The Morgan fingerprint density at radius 3 is 2.53 bits per heavy atom. The molecular formula is C22H22ClN5O4. The Morgan fingerprint density at radius 1 is 1.16 bits per heavy atom. The summed E-state index contributed by atoms with van der Waals surface area (Å²) in [4.78, 5) is 23.6. The molecule has 4 rings (SSSR count). The van der Waals surface area contributed by atoms with Crippen molar-refractivity contribution in [3.63, 3.8) is 0 Å². The van der Waals surface area contributed by atoms with Crippen LogP contribution >= 0.6 is 11.6 Å². The van der Waals surface area contributed by atoms with Crippen molar-refractivity contribution in [3.8, 4) is 17.0 Å². The van der Waals surface area contributed by atoms with Gasteiger partial charge >= 0.3 is 12.0 Å². The van der Waals surface area contributed by atoms with Gasteiger partial charge in [-0.15, -0.1) is 0 Å². The van der Waals surface area contributed by atoms with E-state index in [1.165, 1.54) is 0 Å². The molecule has 2 amide bonds. The van der Waals surface area contributed by atoms with Gasteiger partial charge in [0.2, 0.25) is 0 Å². The number of carbonyl (C=O) groups excluding carboxylic acids is 1. The number of nitrogens with zero attached hydrogens (tertiary/aromatic N) is 2. The largest absolute Gasteiger partial charge is 0.488 e. The molecule has 10 heteroatoms. The summed E-state index contributed by atoms with van der Waals surface area (Å²) in [5, 5.41) is 22.5. The maximum Gasteiger partial charge on any atom is 0.323 e. The van der Waals surface area contributed by atoms with Crippen molar-refractivity contribution in [2.75, 3.05) is 17.2 Å². The monoisotopic (exact) mass is 455 g/mol. The maximum absolute atomic E-state index is 12.4. The van der Waals surface area contributed by atoms with Gasteiger partial charge in [-0.3, -0.25) is 9.48 Å². The van der Waals surface area contributed by atoms with Crippen LogP contribution in [0.1, 0.15) is 6.42 Å². The summed E-state index contributed by atoms with van der Waals surface area (Å²) in [6.45, 7) is 0.436. The standard InChI is InChI=1S/C22H22ClN5O4/c1-28-19(8-9-25-28)17-10-15(27-22(31)26-14-4-2-13(23)3-5-14)6-7-20(17)32-16-11-18(21(29)30)24-12-16/h2-10,16,18,24H,11-12H2,1H3,(H,29,30)(H2,26,27,31)/t16-,18-/m0/s1. The minimum atomic E-state index is -0.894. The lowest BCUT2D eigenvalue weighted by Crippen LogP contribution is -2.30. The lowest BCUT2D eigenvalue weighted by atomic mass is 10.1. The number of carboxylic acids is 1. The number of ether oxygens (including phenoxy) is 1. The number of hydrogen-bond acceptors (Lipinski definition) is 5. The van der Waals surface area contributed by atoms with Crippen LogP contribution in [0.3, 0.4) is 0 Å². The van der Waals surface area contributed by atoms with Crippen molar-refractivity contribution in [1.29, 1.82) is 0 Å². The average molecular weight is 456 g/mol. The van der Waals surface area contributed by atoms with E-state index in [4.69, 9.17) is 16.3 Å². The third-order valence-electron chi connectivity index (χ3n) is 5.12. The number of hydrogen-bond donors (Lipinski definition) is 4. The molecule has 0 spiro atoms. The first kappa shape index (κ1) is 21.7. The quantitative estimate of drug-likeness (QED) is 0.451. The van der Waals surface area contributed by atoms with Crippen LogP contribution in [-0.4, -0.2) is 45.6 Å². The molecule has 9 nitrogen and oxygen atoms in total. The van der Waals surface area contributed by atoms with Gasteiger partial charge < -0.3 is 25.8 Å². The highest BCUT2D eigenvalue weighted by Crippen LogP contribution is 2.34. The van der Waals surface area contributed by atoms with Crippen LogP contribution in [0.5, 0.6) is 5.75 Å². The highest BCUT2D eigenvalue weighted by atomic mass is 35.5. The Kier molecular flexibility index (Phi) is 6.29. The van der Waals surface area contributed by atoms with Crippen molar-refractivity contribution >= 4 is 35.0 Å². The van der Waals surface area contributed by atoms with Gasteiger partial charge in [0.25, 0.3) is 0 Å². The molecule has 1 aliphatic heterocycles. The fraction of sp³-hybridized carbons (Fsp3) is 0.227. The number of aromatic nitrogens is 2. The lowest BCUT2D eigenvalue weighted by Gasteiger charge is -2.18. The Hall–Kier alpha value is -3.56. The van der Waals surface area contributed by atoms with Gasteiger partial charge in [0.15, 0.2) is 0 Å². The third-order valence-corrected chi connectivity index (χ3v) is 5.37. The zero-order valence-electron chi connectivity index (χ0n) is 17.2. The van der Waals surface area contributed by atoms with Crippen molar-refractivity contribution < 1.29 is 19.4 Å². The van der Waals surface area contributed by atoms with Crippen LogP contribution in [0.25, 0.3) is 11.3 Å². The molecule has 2 heterocycles. The predicted octanol–water partition coefficient (Wildman–Crippen LogP) is 3.58. The van der Waals surface area contributed by atoms with E-state index in [1.54, 1.807) is 53.3 Å². The molecule has 166 valence electrons. The molecule has 1 aliphatic rings. The number of aryl methyl sites for hydroxylation is 1. The maximum atomic E-state index is 12.4. The summed E-state index contributed by atoms with van der Waals surface area (Å²) >= 11 is 5.88. The van der Waals surface area contributed by atoms with Crippen LogP contribution in [0.4, 0.5) is 16.2 Å². The highest BCUT2D eigenvalue weighted by Gasteiger charge is 2.31. The number of carbonyl (C=O) groups is 2. The van der Waals surface area contributed by atoms with E-state index in [9.17, 15) is 14.7 Å². The Labute approximate surface area is 189 Å². The van der Waals surface area contributed by atoms with Crippen LogP contribution < -0.4 is 20.7 Å². The number of rotatable bonds is 6. The van der Waals surface area contributed by atoms with Gasteiger partial charge in [-0.25, -0.2) is 4.79 Å². The van der Waals surface area contributed by atoms with E-state index in [0.29, 0.717) is 35.1 Å². The van der Waals surface area contributed by atoms with Gasteiger partial charge in [0.1, 0.15) is 17.9 Å². The first-order chi connectivity index (χ1) is 15.4. The summed E-state index contributed by atoms with van der Waals surface area (Å²) in [7, 11) is 1.81. The second-order valence-corrected chi connectivity index (χ2v) is 7.85. The molecule has 0 bridgehead atoms. The molecule has 2 atom stereocenters. The molecule has 3 aromatic rings. The Bertz CT molecular complexity index is 1130.